The number of nitro benzene ring substituents is 1. The van der Waals surface area contributed by atoms with Gasteiger partial charge in [-0.2, -0.15) is 0 Å². The Kier molecular flexibility index (Phi) is 6.57. The highest BCUT2D eigenvalue weighted by Crippen LogP contribution is 2.33. The van der Waals surface area contributed by atoms with Crippen LogP contribution in [0, 0.1) is 30.9 Å². The number of thioether (sulfide) groups is 1. The molecule has 35 heavy (non-hydrogen) atoms. The van der Waals surface area contributed by atoms with Crippen LogP contribution in [0.25, 0.3) is 17.4 Å². The van der Waals surface area contributed by atoms with Crippen molar-refractivity contribution in [1.82, 2.24) is 4.90 Å². The van der Waals surface area contributed by atoms with E-state index in [1.165, 1.54) is 18.2 Å². The van der Waals surface area contributed by atoms with Gasteiger partial charge >= 0.3 is 0 Å². The van der Waals surface area contributed by atoms with Gasteiger partial charge in [-0.3, -0.25) is 29.4 Å². The van der Waals surface area contributed by atoms with Crippen LogP contribution in [0.15, 0.2) is 57.9 Å². The Morgan fingerprint density at radius 2 is 1.74 bits per heavy atom. The van der Waals surface area contributed by atoms with Gasteiger partial charge in [-0.15, -0.1) is 0 Å². The number of carbonyl (C=O) groups excluding carboxylic acids is 3. The van der Waals surface area contributed by atoms with Crippen molar-refractivity contribution in [2.75, 3.05) is 11.9 Å². The number of carbonyl (C=O) groups is 3. The van der Waals surface area contributed by atoms with E-state index in [-0.39, 0.29) is 10.6 Å². The van der Waals surface area contributed by atoms with Crippen molar-refractivity contribution < 1.29 is 23.7 Å². The van der Waals surface area contributed by atoms with Crippen molar-refractivity contribution >= 4 is 46.3 Å². The molecule has 2 heterocycles. The summed E-state index contributed by atoms with van der Waals surface area (Å²) in [5.74, 6) is -0.268. The molecule has 2 aromatic carbocycles. The number of imide groups is 1. The lowest BCUT2D eigenvalue weighted by Gasteiger charge is -2.15. The molecule has 0 saturated carbocycles. The average Bonchev–Trinajstić information content (AvgIpc) is 3.36. The molecular formula is C25H21N3O6S. The molecule has 1 aliphatic rings. The van der Waals surface area contributed by atoms with Crippen LogP contribution in [0.5, 0.6) is 0 Å². The molecule has 1 aliphatic heterocycles. The maximum Gasteiger partial charge on any atom is 0.294 e. The molecule has 0 spiro atoms. The van der Waals surface area contributed by atoms with E-state index < -0.39 is 28.5 Å². The molecule has 1 aromatic heterocycles. The van der Waals surface area contributed by atoms with Crippen LogP contribution in [-0.2, 0) is 9.59 Å². The molecular weight excluding hydrogens is 470 g/mol. The first-order valence-corrected chi connectivity index (χ1v) is 11.4. The molecule has 3 aromatic rings. The van der Waals surface area contributed by atoms with Crippen molar-refractivity contribution in [3.63, 3.8) is 0 Å². The average molecular weight is 492 g/mol. The molecule has 1 N–H and O–H groups in total. The number of aryl methyl sites for hydroxylation is 3. The van der Waals surface area contributed by atoms with Gasteiger partial charge in [0, 0.05) is 29.5 Å². The SMILES string of the molecule is Cc1cc(C)c(NC(=O)CN2C(=O)S/C(=C/c3ccc(-c4ccc([N+](=O)[O-])cc4)o3)C2=O)c(C)c1. The van der Waals surface area contributed by atoms with Gasteiger partial charge in [0.15, 0.2) is 0 Å². The molecule has 9 nitrogen and oxygen atoms in total. The second-order valence-electron chi connectivity index (χ2n) is 8.10. The maximum absolute atomic E-state index is 12.8. The lowest BCUT2D eigenvalue weighted by Crippen LogP contribution is -2.36. The summed E-state index contributed by atoms with van der Waals surface area (Å²) in [5.41, 5.74) is 4.12. The van der Waals surface area contributed by atoms with Crippen LogP contribution < -0.4 is 5.32 Å². The Bertz CT molecular complexity index is 1370. The number of furan rings is 1. The van der Waals surface area contributed by atoms with Crippen LogP contribution in [0.1, 0.15) is 22.5 Å². The molecule has 4 rings (SSSR count). The summed E-state index contributed by atoms with van der Waals surface area (Å²) in [6.07, 6.45) is 1.44. The Balaban J connectivity index is 1.45. The minimum atomic E-state index is -0.583. The Labute approximate surface area is 204 Å². The number of anilines is 1. The molecule has 0 radical (unpaired) electrons. The highest BCUT2D eigenvalue weighted by Gasteiger charge is 2.36. The van der Waals surface area contributed by atoms with Gasteiger partial charge in [0.05, 0.1) is 9.83 Å². The second kappa shape index (κ2) is 9.59. The van der Waals surface area contributed by atoms with E-state index in [0.717, 1.165) is 33.4 Å². The first-order chi connectivity index (χ1) is 16.6. The molecule has 3 amide bonds. The van der Waals surface area contributed by atoms with Crippen LogP contribution in [0.2, 0.25) is 0 Å². The van der Waals surface area contributed by atoms with Crippen LogP contribution in [0.4, 0.5) is 16.2 Å². The molecule has 0 atom stereocenters. The zero-order valence-electron chi connectivity index (χ0n) is 19.2. The molecule has 178 valence electrons. The van der Waals surface area contributed by atoms with Crippen molar-refractivity contribution in [2.45, 2.75) is 20.8 Å². The number of hydrogen-bond acceptors (Lipinski definition) is 7. The van der Waals surface area contributed by atoms with E-state index in [1.807, 2.05) is 32.9 Å². The minimum absolute atomic E-state index is 0.0362. The fourth-order valence-corrected chi connectivity index (χ4v) is 4.62. The molecule has 1 fully saturated rings. The highest BCUT2D eigenvalue weighted by molar-refractivity contribution is 8.18. The number of nitrogens with zero attached hydrogens (tertiary/aromatic N) is 2. The predicted octanol–water partition coefficient (Wildman–Crippen LogP) is 5.46. The number of rotatable bonds is 6. The van der Waals surface area contributed by atoms with Crippen molar-refractivity contribution in [3.05, 3.63) is 86.0 Å². The summed E-state index contributed by atoms with van der Waals surface area (Å²) < 4.78 is 5.73. The number of non-ortho nitro benzene ring substituents is 1. The molecule has 0 aliphatic carbocycles. The zero-order chi connectivity index (χ0) is 25.3. The molecule has 10 heteroatoms. The standard InChI is InChI=1S/C25H21N3O6S/c1-14-10-15(2)23(16(3)11-14)26-22(29)13-27-24(30)21(35-25(27)31)12-19-8-9-20(34-19)17-4-6-18(7-5-17)28(32)33/h4-12H,13H2,1-3H3,(H,26,29)/b21-12+. The minimum Gasteiger partial charge on any atom is -0.457 e. The summed E-state index contributed by atoms with van der Waals surface area (Å²) in [5, 5.41) is 13.1. The third-order valence-corrected chi connectivity index (χ3v) is 6.29. The lowest BCUT2D eigenvalue weighted by atomic mass is 10.1. The number of benzene rings is 2. The zero-order valence-corrected chi connectivity index (χ0v) is 20.0. The Morgan fingerprint density at radius 1 is 1.09 bits per heavy atom. The van der Waals surface area contributed by atoms with Crippen LogP contribution >= 0.6 is 11.8 Å². The maximum atomic E-state index is 12.8. The predicted molar refractivity (Wildman–Crippen MR) is 133 cm³/mol. The number of nitrogens with one attached hydrogen (secondary N) is 1. The second-order valence-corrected chi connectivity index (χ2v) is 9.09. The van der Waals surface area contributed by atoms with E-state index in [2.05, 4.69) is 5.32 Å². The van der Waals surface area contributed by atoms with Gasteiger partial charge in [-0.1, -0.05) is 17.7 Å². The van der Waals surface area contributed by atoms with Gasteiger partial charge in [-0.05, 0) is 67.9 Å². The third-order valence-electron chi connectivity index (χ3n) is 5.38. The fraction of sp³-hybridized carbons (Fsp3) is 0.160. The van der Waals surface area contributed by atoms with E-state index in [4.69, 9.17) is 4.42 Å². The first-order valence-electron chi connectivity index (χ1n) is 10.6. The van der Waals surface area contributed by atoms with E-state index in [9.17, 15) is 24.5 Å². The smallest absolute Gasteiger partial charge is 0.294 e. The number of nitro groups is 1. The summed E-state index contributed by atoms with van der Waals surface area (Å²) >= 11 is 0.727. The molecule has 0 unspecified atom stereocenters. The van der Waals surface area contributed by atoms with Crippen molar-refractivity contribution in [1.29, 1.82) is 0 Å². The van der Waals surface area contributed by atoms with Crippen LogP contribution in [-0.4, -0.2) is 33.4 Å². The normalized spacial score (nSPS) is 14.6. The van der Waals surface area contributed by atoms with E-state index >= 15 is 0 Å². The fourth-order valence-electron chi connectivity index (χ4n) is 3.80. The van der Waals surface area contributed by atoms with E-state index in [1.54, 1.807) is 24.3 Å². The molecule has 1 saturated heterocycles. The number of amides is 3. The van der Waals surface area contributed by atoms with E-state index in [0.29, 0.717) is 22.8 Å². The topological polar surface area (TPSA) is 123 Å². The first kappa shape index (κ1) is 24.0. The summed E-state index contributed by atoms with van der Waals surface area (Å²) in [6, 6.07) is 13.0. The summed E-state index contributed by atoms with van der Waals surface area (Å²) in [7, 11) is 0. The van der Waals surface area contributed by atoms with Crippen molar-refractivity contribution in [2.24, 2.45) is 0 Å². The van der Waals surface area contributed by atoms with Gasteiger partial charge in [0.25, 0.3) is 16.8 Å². The number of hydrogen-bond donors (Lipinski definition) is 1. The largest absolute Gasteiger partial charge is 0.457 e. The van der Waals surface area contributed by atoms with Crippen molar-refractivity contribution in [3.8, 4) is 11.3 Å². The highest BCUT2D eigenvalue weighted by atomic mass is 32.2. The van der Waals surface area contributed by atoms with Gasteiger partial charge in [-0.25, -0.2) is 0 Å². The lowest BCUT2D eigenvalue weighted by molar-refractivity contribution is -0.384. The Hall–Kier alpha value is -4.18. The Morgan fingerprint density at radius 3 is 2.37 bits per heavy atom. The monoisotopic (exact) mass is 491 g/mol. The summed E-state index contributed by atoms with van der Waals surface area (Å²) in [4.78, 5) is 49.2. The molecule has 0 bridgehead atoms. The summed E-state index contributed by atoms with van der Waals surface area (Å²) in [6.45, 7) is 5.33. The van der Waals surface area contributed by atoms with Crippen LogP contribution in [0.3, 0.4) is 0 Å². The van der Waals surface area contributed by atoms with Gasteiger partial charge in [0.1, 0.15) is 18.1 Å². The van der Waals surface area contributed by atoms with Gasteiger partial charge < -0.3 is 9.73 Å². The van der Waals surface area contributed by atoms with Gasteiger partial charge in [0.2, 0.25) is 5.91 Å². The third kappa shape index (κ3) is 5.17. The quantitative estimate of drug-likeness (QED) is 0.276.